The molecular weight excluding hydrogens is 478 g/mol. The summed E-state index contributed by atoms with van der Waals surface area (Å²) in [5, 5.41) is 24.8. The van der Waals surface area contributed by atoms with Gasteiger partial charge in [0.25, 0.3) is 6.43 Å². The van der Waals surface area contributed by atoms with Gasteiger partial charge >= 0.3 is 0 Å². The van der Waals surface area contributed by atoms with Crippen LogP contribution >= 0.6 is 0 Å². The molecule has 0 aliphatic heterocycles. The van der Waals surface area contributed by atoms with Crippen LogP contribution in [-0.4, -0.2) is 57.3 Å². The van der Waals surface area contributed by atoms with Crippen LogP contribution in [0.1, 0.15) is 23.1 Å². The summed E-state index contributed by atoms with van der Waals surface area (Å²) in [5.74, 6) is -0.639. The number of aliphatic hydroxyl groups excluding tert-OH is 2. The summed E-state index contributed by atoms with van der Waals surface area (Å²) in [6, 6.07) is 15.4. The third kappa shape index (κ3) is 5.55. The van der Waals surface area contributed by atoms with Gasteiger partial charge in [-0.3, -0.25) is 5.10 Å². The maximum Gasteiger partial charge on any atom is 0.273 e. The van der Waals surface area contributed by atoms with Crippen molar-refractivity contribution in [1.29, 1.82) is 0 Å². The predicted octanol–water partition coefficient (Wildman–Crippen LogP) is 4.78. The molecule has 0 fully saturated rings. The van der Waals surface area contributed by atoms with Crippen molar-refractivity contribution in [3.63, 3.8) is 0 Å². The van der Waals surface area contributed by atoms with E-state index in [4.69, 9.17) is 9.84 Å². The largest absolute Gasteiger partial charge is 0.475 e. The maximum atomic E-state index is 15.2. The lowest BCUT2D eigenvalue weighted by atomic mass is 9.87. The van der Waals surface area contributed by atoms with Gasteiger partial charge in [0.15, 0.2) is 6.17 Å². The number of benzene rings is 2. The predicted molar refractivity (Wildman–Crippen MR) is 127 cm³/mol. The second-order valence-electron chi connectivity index (χ2n) is 8.03. The minimum Gasteiger partial charge on any atom is -0.475 e. The van der Waals surface area contributed by atoms with Gasteiger partial charge in [0.2, 0.25) is 11.8 Å². The lowest BCUT2D eigenvalue weighted by molar-refractivity contribution is 0.0801. The summed E-state index contributed by atoms with van der Waals surface area (Å²) in [7, 11) is 0. The van der Waals surface area contributed by atoms with E-state index in [2.05, 4.69) is 15.2 Å². The van der Waals surface area contributed by atoms with Gasteiger partial charge in [0, 0.05) is 30.0 Å². The molecule has 2 heterocycles. The summed E-state index contributed by atoms with van der Waals surface area (Å²) >= 11 is 0. The zero-order valence-corrected chi connectivity index (χ0v) is 18.9. The first-order valence-electron chi connectivity index (χ1n) is 11.1. The topological polar surface area (TPSA) is 91.3 Å². The van der Waals surface area contributed by atoms with Crippen molar-refractivity contribution in [3.8, 4) is 5.88 Å². The third-order valence-corrected chi connectivity index (χ3v) is 5.57. The number of pyridine rings is 1. The second-order valence-corrected chi connectivity index (χ2v) is 8.03. The van der Waals surface area contributed by atoms with Gasteiger partial charge in [0.05, 0.1) is 17.0 Å². The van der Waals surface area contributed by atoms with Crippen LogP contribution < -0.4 is 4.74 Å². The highest BCUT2D eigenvalue weighted by molar-refractivity contribution is 6.01. The van der Waals surface area contributed by atoms with Crippen LogP contribution in [0, 0.1) is 5.95 Å². The highest BCUT2D eigenvalue weighted by Crippen LogP contribution is 2.38. The standard InChI is InChI=1S/C26H23F4N3O3/c27-24(25(28)29)23(15-4-2-1-3-5-15)22(16-6-8-20-19(12-16)26(30)33-32-20)17-7-9-21(31-13-17)36-14-18(35)10-11-34/h1-9,12-13,18,24-25,34-35H,10-11,14H2,(H,32,33). The highest BCUT2D eigenvalue weighted by atomic mass is 19.3. The number of nitrogens with zero attached hydrogens (tertiary/aromatic N) is 2. The smallest absolute Gasteiger partial charge is 0.273 e. The molecule has 0 bridgehead atoms. The van der Waals surface area contributed by atoms with E-state index in [1.165, 1.54) is 42.6 Å². The number of aromatic amines is 1. The third-order valence-electron chi connectivity index (χ3n) is 5.57. The fourth-order valence-electron chi connectivity index (χ4n) is 3.83. The Morgan fingerprint density at radius 1 is 0.972 bits per heavy atom. The quantitative estimate of drug-likeness (QED) is 0.215. The van der Waals surface area contributed by atoms with Crippen LogP contribution in [-0.2, 0) is 0 Å². The monoisotopic (exact) mass is 501 g/mol. The molecule has 2 atom stereocenters. The van der Waals surface area contributed by atoms with Crippen LogP contribution in [0.4, 0.5) is 17.6 Å². The van der Waals surface area contributed by atoms with E-state index >= 15 is 4.39 Å². The number of nitrogens with one attached hydrogen (secondary N) is 1. The first kappa shape index (κ1) is 25.3. The molecule has 188 valence electrons. The fraction of sp³-hybridized carbons (Fsp3) is 0.231. The SMILES string of the molecule is OCCC(O)COc1ccc(C(=C(c2ccccc2)C(F)C(F)F)c2ccc3[nH]nc(F)c3c2)cn1. The van der Waals surface area contributed by atoms with Crippen molar-refractivity contribution >= 4 is 22.0 Å². The summed E-state index contributed by atoms with van der Waals surface area (Å²) < 4.78 is 62.4. The van der Waals surface area contributed by atoms with Crippen LogP contribution in [0.2, 0.25) is 0 Å². The number of alkyl halides is 3. The molecular formula is C26H23F4N3O3. The molecule has 2 aromatic carbocycles. The number of aliphatic hydroxyl groups is 2. The average Bonchev–Trinajstić information content (AvgIpc) is 3.26. The number of hydrogen-bond donors (Lipinski definition) is 3. The van der Waals surface area contributed by atoms with Crippen molar-refractivity contribution in [2.45, 2.75) is 25.1 Å². The molecule has 0 spiro atoms. The lowest BCUT2D eigenvalue weighted by Crippen LogP contribution is -2.19. The Labute approximate surface area is 203 Å². The van der Waals surface area contributed by atoms with Crippen LogP contribution in [0.25, 0.3) is 22.0 Å². The molecule has 3 N–H and O–H groups in total. The number of aromatic nitrogens is 3. The molecule has 0 saturated carbocycles. The number of ether oxygens (including phenoxy) is 1. The van der Waals surface area contributed by atoms with Gasteiger partial charge in [-0.2, -0.15) is 4.39 Å². The second kappa shape index (κ2) is 11.3. The molecule has 0 saturated heterocycles. The molecule has 36 heavy (non-hydrogen) atoms. The number of H-pyrrole nitrogens is 1. The van der Waals surface area contributed by atoms with Gasteiger partial charge in [-0.05, 0) is 41.3 Å². The van der Waals surface area contributed by atoms with Crippen molar-refractivity contribution in [2.24, 2.45) is 0 Å². The first-order valence-corrected chi connectivity index (χ1v) is 11.1. The number of fused-ring (bicyclic) bond motifs is 1. The van der Waals surface area contributed by atoms with Gasteiger partial charge in [0.1, 0.15) is 6.61 Å². The Balaban J connectivity index is 1.87. The van der Waals surface area contributed by atoms with Gasteiger partial charge < -0.3 is 14.9 Å². The van der Waals surface area contributed by atoms with Crippen molar-refractivity contribution in [1.82, 2.24) is 15.2 Å². The molecule has 0 aliphatic carbocycles. The van der Waals surface area contributed by atoms with E-state index in [0.717, 1.165) is 0 Å². The number of allylic oxidation sites excluding steroid dienone is 1. The summed E-state index contributed by atoms with van der Waals surface area (Å²) in [6.07, 6.45) is -5.39. The van der Waals surface area contributed by atoms with E-state index in [9.17, 15) is 18.3 Å². The lowest BCUT2D eigenvalue weighted by Gasteiger charge is -2.20. The Morgan fingerprint density at radius 3 is 2.39 bits per heavy atom. The van der Waals surface area contributed by atoms with Crippen LogP contribution in [0.15, 0.2) is 66.9 Å². The minimum absolute atomic E-state index is 0.107. The summed E-state index contributed by atoms with van der Waals surface area (Å²) in [5.41, 5.74) is 1.05. The Kier molecular flexibility index (Phi) is 7.97. The molecule has 2 unspecified atom stereocenters. The first-order chi connectivity index (χ1) is 17.4. The average molecular weight is 501 g/mol. The normalized spacial score (nSPS) is 14.1. The van der Waals surface area contributed by atoms with Gasteiger partial charge in [-0.25, -0.2) is 18.2 Å². The number of hydrogen-bond acceptors (Lipinski definition) is 5. The molecule has 0 aliphatic rings. The van der Waals surface area contributed by atoms with E-state index in [1.54, 1.807) is 24.3 Å². The van der Waals surface area contributed by atoms with E-state index < -0.39 is 24.6 Å². The summed E-state index contributed by atoms with van der Waals surface area (Å²) in [6.45, 7) is -0.317. The molecule has 4 rings (SSSR count). The Morgan fingerprint density at radius 2 is 1.72 bits per heavy atom. The zero-order chi connectivity index (χ0) is 25.7. The van der Waals surface area contributed by atoms with Crippen molar-refractivity contribution in [3.05, 3.63) is 89.5 Å². The van der Waals surface area contributed by atoms with Gasteiger partial charge in [-0.1, -0.05) is 36.4 Å². The van der Waals surface area contributed by atoms with Crippen molar-refractivity contribution in [2.75, 3.05) is 13.2 Å². The maximum absolute atomic E-state index is 15.2. The fourth-order valence-corrected chi connectivity index (χ4v) is 3.83. The van der Waals surface area contributed by atoms with E-state index in [-0.39, 0.29) is 47.6 Å². The highest BCUT2D eigenvalue weighted by Gasteiger charge is 2.29. The van der Waals surface area contributed by atoms with Gasteiger partial charge in [-0.15, -0.1) is 5.10 Å². The van der Waals surface area contributed by atoms with E-state index in [1.807, 2.05) is 0 Å². The number of halogens is 4. The van der Waals surface area contributed by atoms with E-state index in [0.29, 0.717) is 16.6 Å². The molecule has 0 radical (unpaired) electrons. The number of rotatable bonds is 10. The van der Waals surface area contributed by atoms with Crippen molar-refractivity contribution < 1.29 is 32.5 Å². The minimum atomic E-state index is -3.31. The zero-order valence-electron chi connectivity index (χ0n) is 18.9. The van der Waals surface area contributed by atoms with Crippen LogP contribution in [0.3, 0.4) is 0 Å². The molecule has 2 aromatic heterocycles. The molecule has 6 nitrogen and oxygen atoms in total. The summed E-state index contributed by atoms with van der Waals surface area (Å²) in [4.78, 5) is 4.17. The molecule has 4 aromatic rings. The Hall–Kier alpha value is -3.76. The molecule has 10 heteroatoms. The Bertz CT molecular complexity index is 1330. The molecule has 0 amide bonds. The van der Waals surface area contributed by atoms with Crippen LogP contribution in [0.5, 0.6) is 5.88 Å².